The first-order valence-electron chi connectivity index (χ1n) is 7.69. The molecule has 2 heterocycles. The van der Waals surface area contributed by atoms with Gasteiger partial charge in [0.25, 0.3) is 5.91 Å². The van der Waals surface area contributed by atoms with E-state index in [4.69, 9.17) is 0 Å². The van der Waals surface area contributed by atoms with Gasteiger partial charge in [-0.25, -0.2) is 9.67 Å². The van der Waals surface area contributed by atoms with Crippen molar-refractivity contribution in [1.82, 2.24) is 20.1 Å². The van der Waals surface area contributed by atoms with Gasteiger partial charge in [0.1, 0.15) is 5.75 Å². The summed E-state index contributed by atoms with van der Waals surface area (Å²) >= 11 is 0. The Morgan fingerprint density at radius 1 is 1.25 bits per heavy atom. The second-order valence-electron chi connectivity index (χ2n) is 5.36. The lowest BCUT2D eigenvalue weighted by molar-refractivity contribution is 0.0948. The van der Waals surface area contributed by atoms with E-state index in [9.17, 15) is 9.90 Å². The summed E-state index contributed by atoms with van der Waals surface area (Å²) in [6.45, 7) is 4.05. The van der Waals surface area contributed by atoms with Crippen LogP contribution in [0.25, 0.3) is 16.8 Å². The molecule has 0 saturated carbocycles. The van der Waals surface area contributed by atoms with Gasteiger partial charge < -0.3 is 10.4 Å². The Bertz CT molecular complexity index is 872. The van der Waals surface area contributed by atoms with Crippen LogP contribution in [0.5, 0.6) is 5.75 Å². The maximum absolute atomic E-state index is 11.9. The van der Waals surface area contributed by atoms with Crippen LogP contribution in [-0.2, 0) is 0 Å². The van der Waals surface area contributed by atoms with Crippen LogP contribution in [0.15, 0.2) is 48.9 Å². The summed E-state index contributed by atoms with van der Waals surface area (Å²) in [7, 11) is 0. The quantitative estimate of drug-likeness (QED) is 0.774. The highest BCUT2D eigenvalue weighted by Crippen LogP contribution is 2.30. The second-order valence-corrected chi connectivity index (χ2v) is 5.36. The number of carbonyl (C=O) groups is 1. The molecule has 3 aromatic rings. The van der Waals surface area contributed by atoms with Gasteiger partial charge in [-0.2, -0.15) is 5.10 Å². The fourth-order valence-corrected chi connectivity index (χ4v) is 2.48. The number of benzene rings is 1. The summed E-state index contributed by atoms with van der Waals surface area (Å²) < 4.78 is 1.75. The molecule has 0 unspecified atom stereocenters. The summed E-state index contributed by atoms with van der Waals surface area (Å²) in [5.74, 6) is -0.490. The molecule has 0 spiro atoms. The molecule has 0 aliphatic rings. The third-order valence-electron chi connectivity index (χ3n) is 3.77. The van der Waals surface area contributed by atoms with Crippen LogP contribution >= 0.6 is 0 Å². The molecule has 0 fully saturated rings. The van der Waals surface area contributed by atoms with Crippen LogP contribution in [0.3, 0.4) is 0 Å². The van der Waals surface area contributed by atoms with Gasteiger partial charge in [0.05, 0.1) is 11.9 Å². The largest absolute Gasteiger partial charge is 0.505 e. The molecule has 6 heteroatoms. The number of amides is 1. The van der Waals surface area contributed by atoms with Gasteiger partial charge in [0, 0.05) is 35.6 Å². The first-order valence-corrected chi connectivity index (χ1v) is 7.69. The first-order chi connectivity index (χ1) is 11.6. The highest BCUT2D eigenvalue weighted by atomic mass is 16.3. The number of nitrogens with one attached hydrogen (secondary N) is 1. The van der Waals surface area contributed by atoms with E-state index < -0.39 is 0 Å². The van der Waals surface area contributed by atoms with Crippen LogP contribution in [0.2, 0.25) is 0 Å². The molecule has 3 rings (SSSR count). The Kier molecular flexibility index (Phi) is 4.29. The number of hydrogen-bond acceptors (Lipinski definition) is 4. The van der Waals surface area contributed by atoms with Crippen LogP contribution in [0.4, 0.5) is 0 Å². The zero-order valence-corrected chi connectivity index (χ0v) is 13.5. The molecule has 1 aromatic carbocycles. The van der Waals surface area contributed by atoms with Crippen molar-refractivity contribution in [2.24, 2.45) is 0 Å². The fourth-order valence-electron chi connectivity index (χ4n) is 2.48. The number of pyridine rings is 1. The van der Waals surface area contributed by atoms with Gasteiger partial charge in [-0.1, -0.05) is 18.2 Å². The molecule has 1 amide bonds. The van der Waals surface area contributed by atoms with Crippen molar-refractivity contribution in [2.45, 2.75) is 13.8 Å². The molecular weight excluding hydrogens is 304 g/mol. The monoisotopic (exact) mass is 322 g/mol. The van der Waals surface area contributed by atoms with E-state index in [1.54, 1.807) is 24.0 Å². The Labute approximate surface area is 139 Å². The van der Waals surface area contributed by atoms with E-state index in [0.29, 0.717) is 12.1 Å². The molecule has 0 radical (unpaired) electrons. The van der Waals surface area contributed by atoms with Crippen molar-refractivity contribution in [3.63, 3.8) is 0 Å². The molecule has 0 atom stereocenters. The van der Waals surface area contributed by atoms with Crippen molar-refractivity contribution in [3.05, 3.63) is 60.2 Å². The SMILES string of the molecule is CCNC(=O)c1ncc(-c2cnn(-c3ccccc3)c2)c(C)c1O. The van der Waals surface area contributed by atoms with E-state index >= 15 is 0 Å². The lowest BCUT2D eigenvalue weighted by atomic mass is 10.0. The zero-order chi connectivity index (χ0) is 17.1. The molecule has 0 bridgehead atoms. The molecule has 0 saturated heterocycles. The van der Waals surface area contributed by atoms with Crippen molar-refractivity contribution < 1.29 is 9.90 Å². The number of carbonyl (C=O) groups excluding carboxylic acids is 1. The molecule has 122 valence electrons. The van der Waals surface area contributed by atoms with Gasteiger partial charge in [-0.15, -0.1) is 0 Å². The Hall–Kier alpha value is -3.15. The van der Waals surface area contributed by atoms with Gasteiger partial charge in [0.2, 0.25) is 0 Å². The Morgan fingerprint density at radius 3 is 2.71 bits per heavy atom. The molecule has 0 aliphatic heterocycles. The zero-order valence-electron chi connectivity index (χ0n) is 13.5. The van der Waals surface area contributed by atoms with Crippen molar-refractivity contribution in [2.75, 3.05) is 6.54 Å². The standard InChI is InChI=1S/C18H18N4O2/c1-3-19-18(24)16-17(23)12(2)15(10-20-16)13-9-21-22(11-13)14-7-5-4-6-8-14/h4-11,23H,3H2,1-2H3,(H,19,24). The Morgan fingerprint density at radius 2 is 2.00 bits per heavy atom. The smallest absolute Gasteiger partial charge is 0.273 e. The average Bonchev–Trinajstić information content (AvgIpc) is 3.08. The van der Waals surface area contributed by atoms with Crippen molar-refractivity contribution in [3.8, 4) is 22.6 Å². The number of rotatable bonds is 4. The summed E-state index contributed by atoms with van der Waals surface area (Å²) in [4.78, 5) is 16.0. The van der Waals surface area contributed by atoms with E-state index in [1.165, 1.54) is 0 Å². The maximum atomic E-state index is 11.9. The average molecular weight is 322 g/mol. The van der Waals surface area contributed by atoms with Gasteiger partial charge in [-0.05, 0) is 26.0 Å². The van der Waals surface area contributed by atoms with E-state index in [2.05, 4.69) is 15.4 Å². The third kappa shape index (κ3) is 2.86. The molecule has 2 N–H and O–H groups in total. The number of aromatic nitrogens is 3. The summed E-state index contributed by atoms with van der Waals surface area (Å²) in [5, 5.41) is 17.3. The van der Waals surface area contributed by atoms with Crippen molar-refractivity contribution >= 4 is 5.91 Å². The van der Waals surface area contributed by atoms with Gasteiger partial charge in [0.15, 0.2) is 5.69 Å². The normalized spacial score (nSPS) is 10.6. The minimum Gasteiger partial charge on any atom is -0.505 e. The predicted molar refractivity (Wildman–Crippen MR) is 91.2 cm³/mol. The first kappa shape index (κ1) is 15.7. The molecule has 0 aliphatic carbocycles. The van der Waals surface area contributed by atoms with Crippen LogP contribution in [-0.4, -0.2) is 32.3 Å². The lowest BCUT2D eigenvalue weighted by Crippen LogP contribution is -2.24. The number of hydrogen-bond donors (Lipinski definition) is 2. The fraction of sp³-hybridized carbons (Fsp3) is 0.167. The summed E-state index contributed by atoms with van der Waals surface area (Å²) in [5.41, 5.74) is 3.13. The van der Waals surface area contributed by atoms with E-state index in [0.717, 1.165) is 16.8 Å². The van der Waals surface area contributed by atoms with Crippen molar-refractivity contribution in [1.29, 1.82) is 0 Å². The lowest BCUT2D eigenvalue weighted by Gasteiger charge is -2.09. The number of aromatic hydroxyl groups is 1. The minimum atomic E-state index is -0.385. The van der Waals surface area contributed by atoms with Gasteiger partial charge >= 0.3 is 0 Å². The van der Waals surface area contributed by atoms with Gasteiger partial charge in [-0.3, -0.25) is 4.79 Å². The molecular formula is C18H18N4O2. The summed E-state index contributed by atoms with van der Waals surface area (Å²) in [6, 6.07) is 9.74. The third-order valence-corrected chi connectivity index (χ3v) is 3.77. The van der Waals surface area contributed by atoms with E-state index in [1.807, 2.05) is 43.5 Å². The molecule has 6 nitrogen and oxygen atoms in total. The predicted octanol–water partition coefficient (Wildman–Crippen LogP) is 2.70. The summed E-state index contributed by atoms with van der Waals surface area (Å²) in [6.07, 6.45) is 5.17. The minimum absolute atomic E-state index is 0.0357. The number of para-hydroxylation sites is 1. The maximum Gasteiger partial charge on any atom is 0.273 e. The van der Waals surface area contributed by atoms with E-state index in [-0.39, 0.29) is 17.4 Å². The topological polar surface area (TPSA) is 80.0 Å². The van der Waals surface area contributed by atoms with Crippen LogP contribution < -0.4 is 5.32 Å². The highest BCUT2D eigenvalue weighted by Gasteiger charge is 2.18. The van der Waals surface area contributed by atoms with Crippen LogP contribution in [0.1, 0.15) is 23.0 Å². The number of nitrogens with zero attached hydrogens (tertiary/aromatic N) is 3. The highest BCUT2D eigenvalue weighted by molar-refractivity contribution is 5.96. The Balaban J connectivity index is 1.98. The molecule has 24 heavy (non-hydrogen) atoms. The van der Waals surface area contributed by atoms with Crippen LogP contribution in [0, 0.1) is 6.92 Å². The molecule has 2 aromatic heterocycles. The second kappa shape index (κ2) is 6.54.